The first-order valence-electron chi connectivity index (χ1n) is 6.75. The SMILES string of the molecule is Cc1ccc(OC(=O)N(CCc2ccccc2)S(=O)[O-])cc1. The van der Waals surface area contributed by atoms with Crippen LogP contribution in [-0.4, -0.2) is 25.7 Å². The minimum absolute atomic E-state index is 0.0326. The van der Waals surface area contributed by atoms with Crippen LogP contribution >= 0.6 is 0 Å². The summed E-state index contributed by atoms with van der Waals surface area (Å²) in [5.74, 6) is 0.311. The molecular weight excluding hydrogens is 302 g/mol. The Kier molecular flexibility index (Phi) is 5.68. The maximum Gasteiger partial charge on any atom is 0.426 e. The second kappa shape index (κ2) is 7.72. The molecule has 0 aliphatic carbocycles. The zero-order chi connectivity index (χ0) is 15.9. The van der Waals surface area contributed by atoms with Crippen molar-refractivity contribution in [1.29, 1.82) is 0 Å². The highest BCUT2D eigenvalue weighted by Gasteiger charge is 2.16. The van der Waals surface area contributed by atoms with E-state index in [9.17, 15) is 13.6 Å². The van der Waals surface area contributed by atoms with Gasteiger partial charge in [-0.2, -0.15) is 0 Å². The van der Waals surface area contributed by atoms with Gasteiger partial charge in [-0.25, -0.2) is 9.10 Å². The van der Waals surface area contributed by atoms with E-state index >= 15 is 0 Å². The summed E-state index contributed by atoms with van der Waals surface area (Å²) in [6, 6.07) is 16.1. The van der Waals surface area contributed by atoms with E-state index in [-0.39, 0.29) is 6.54 Å². The molecule has 0 N–H and O–H groups in total. The zero-order valence-corrected chi connectivity index (χ0v) is 12.9. The minimum atomic E-state index is -2.68. The number of carbonyl (C=O) groups is 1. The number of aryl methyl sites for hydroxylation is 1. The predicted octanol–water partition coefficient (Wildman–Crippen LogP) is 2.83. The molecule has 2 aromatic rings. The smallest absolute Gasteiger partial charge is 0.426 e. The molecule has 2 rings (SSSR count). The van der Waals surface area contributed by atoms with E-state index < -0.39 is 17.4 Å². The number of nitrogens with zero attached hydrogens (tertiary/aromatic N) is 1. The standard InChI is InChI=1S/C16H17NO4S/c1-13-7-9-15(10-8-13)21-16(18)17(22(19)20)12-11-14-5-3-2-4-6-14/h2-10H,11-12H2,1H3,(H,19,20)/p-1. The van der Waals surface area contributed by atoms with Crippen LogP contribution in [0.15, 0.2) is 54.6 Å². The lowest BCUT2D eigenvalue weighted by atomic mass is 10.1. The first-order chi connectivity index (χ1) is 10.6. The summed E-state index contributed by atoms with van der Waals surface area (Å²) < 4.78 is 28.2. The summed E-state index contributed by atoms with van der Waals surface area (Å²) in [7, 11) is 0. The Hall–Kier alpha value is -2.18. The molecule has 0 saturated carbocycles. The Morgan fingerprint density at radius 3 is 2.36 bits per heavy atom. The molecule has 0 aromatic heterocycles. The highest BCUT2D eigenvalue weighted by atomic mass is 32.2. The van der Waals surface area contributed by atoms with Crippen LogP contribution in [0.3, 0.4) is 0 Å². The first kappa shape index (κ1) is 16.2. The number of amides is 1. The van der Waals surface area contributed by atoms with Gasteiger partial charge in [0.15, 0.2) is 0 Å². The summed E-state index contributed by atoms with van der Waals surface area (Å²) in [6.45, 7) is 1.94. The summed E-state index contributed by atoms with van der Waals surface area (Å²) in [4.78, 5) is 12.0. The van der Waals surface area contributed by atoms with Gasteiger partial charge >= 0.3 is 6.09 Å². The highest BCUT2D eigenvalue weighted by Crippen LogP contribution is 2.13. The molecule has 0 aliphatic rings. The van der Waals surface area contributed by atoms with Crippen LogP contribution in [0, 0.1) is 6.92 Å². The molecule has 0 saturated heterocycles. The lowest BCUT2D eigenvalue weighted by Crippen LogP contribution is -2.36. The third-order valence-electron chi connectivity index (χ3n) is 3.06. The number of rotatable bonds is 5. The Bertz CT molecular complexity index is 643. The van der Waals surface area contributed by atoms with Crippen molar-refractivity contribution in [3.8, 4) is 5.75 Å². The molecule has 0 radical (unpaired) electrons. The fraction of sp³-hybridized carbons (Fsp3) is 0.188. The van der Waals surface area contributed by atoms with E-state index in [4.69, 9.17) is 4.74 Å². The average Bonchev–Trinajstić information content (AvgIpc) is 2.50. The molecule has 1 atom stereocenters. The lowest BCUT2D eigenvalue weighted by Gasteiger charge is -2.23. The monoisotopic (exact) mass is 318 g/mol. The van der Waals surface area contributed by atoms with E-state index in [1.807, 2.05) is 37.3 Å². The van der Waals surface area contributed by atoms with Crippen molar-refractivity contribution in [3.63, 3.8) is 0 Å². The van der Waals surface area contributed by atoms with Crippen molar-refractivity contribution in [1.82, 2.24) is 4.31 Å². The topological polar surface area (TPSA) is 69.7 Å². The Morgan fingerprint density at radius 1 is 1.14 bits per heavy atom. The zero-order valence-electron chi connectivity index (χ0n) is 12.1. The molecule has 0 aliphatic heterocycles. The third kappa shape index (κ3) is 4.68. The normalized spacial score (nSPS) is 11.7. The van der Waals surface area contributed by atoms with Crippen LogP contribution in [0.4, 0.5) is 4.79 Å². The van der Waals surface area contributed by atoms with Crippen LogP contribution in [0.1, 0.15) is 11.1 Å². The fourth-order valence-corrected chi connectivity index (χ4v) is 2.26. The third-order valence-corrected chi connectivity index (χ3v) is 3.75. The summed E-state index contributed by atoms with van der Waals surface area (Å²) >= 11 is -2.68. The van der Waals surface area contributed by atoms with Crippen LogP contribution in [-0.2, 0) is 17.7 Å². The molecule has 5 nitrogen and oxygen atoms in total. The van der Waals surface area contributed by atoms with Crippen LogP contribution < -0.4 is 4.74 Å². The molecule has 116 valence electrons. The molecule has 2 aromatic carbocycles. The van der Waals surface area contributed by atoms with Gasteiger partial charge in [0, 0.05) is 6.54 Å². The number of ether oxygens (including phenoxy) is 1. The molecule has 6 heteroatoms. The molecule has 0 spiro atoms. The van der Waals surface area contributed by atoms with Crippen molar-refractivity contribution in [2.75, 3.05) is 6.54 Å². The van der Waals surface area contributed by atoms with E-state index in [0.29, 0.717) is 16.5 Å². The van der Waals surface area contributed by atoms with E-state index in [1.54, 1.807) is 24.3 Å². The van der Waals surface area contributed by atoms with E-state index in [0.717, 1.165) is 11.1 Å². The van der Waals surface area contributed by atoms with Gasteiger partial charge in [-0.1, -0.05) is 48.0 Å². The van der Waals surface area contributed by atoms with Crippen LogP contribution in [0.25, 0.3) is 0 Å². The van der Waals surface area contributed by atoms with Crippen molar-refractivity contribution >= 4 is 17.4 Å². The lowest BCUT2D eigenvalue weighted by molar-refractivity contribution is 0.178. The summed E-state index contributed by atoms with van der Waals surface area (Å²) in [6.07, 6.45) is -0.481. The van der Waals surface area contributed by atoms with Crippen molar-refractivity contribution in [2.45, 2.75) is 13.3 Å². The second-order valence-electron chi connectivity index (χ2n) is 4.74. The van der Waals surface area contributed by atoms with E-state index in [1.165, 1.54) is 0 Å². The number of hydrogen-bond donors (Lipinski definition) is 0. The van der Waals surface area contributed by atoms with Gasteiger partial charge in [0.05, 0.1) is 11.3 Å². The van der Waals surface area contributed by atoms with Crippen molar-refractivity contribution in [2.24, 2.45) is 0 Å². The first-order valence-corrected chi connectivity index (χ1v) is 7.79. The van der Waals surface area contributed by atoms with Gasteiger partial charge in [0.1, 0.15) is 5.75 Å². The average molecular weight is 318 g/mol. The number of hydrogen-bond acceptors (Lipinski definition) is 4. The van der Waals surface area contributed by atoms with Crippen molar-refractivity contribution in [3.05, 3.63) is 65.7 Å². The summed E-state index contributed by atoms with van der Waals surface area (Å²) in [5.41, 5.74) is 1.97. The maximum atomic E-state index is 12.0. The highest BCUT2D eigenvalue weighted by molar-refractivity contribution is 7.77. The minimum Gasteiger partial charge on any atom is -0.755 e. The van der Waals surface area contributed by atoms with Gasteiger partial charge in [-0.05, 0) is 31.0 Å². The molecule has 0 bridgehead atoms. The van der Waals surface area contributed by atoms with Gasteiger partial charge < -0.3 is 9.29 Å². The molecule has 0 fully saturated rings. The van der Waals surface area contributed by atoms with Crippen LogP contribution in [0.5, 0.6) is 5.75 Å². The number of benzene rings is 2. The largest absolute Gasteiger partial charge is 0.755 e. The predicted molar refractivity (Wildman–Crippen MR) is 83.0 cm³/mol. The van der Waals surface area contributed by atoms with Crippen LogP contribution in [0.2, 0.25) is 0 Å². The van der Waals surface area contributed by atoms with Gasteiger partial charge in [0.25, 0.3) is 0 Å². The second-order valence-corrected chi connectivity index (χ2v) is 5.61. The van der Waals surface area contributed by atoms with Gasteiger partial charge in [-0.15, -0.1) is 0 Å². The molecular formula is C16H16NO4S-. The Morgan fingerprint density at radius 2 is 1.77 bits per heavy atom. The Balaban J connectivity index is 1.99. The van der Waals surface area contributed by atoms with Crippen molar-refractivity contribution < 1.29 is 18.3 Å². The molecule has 0 heterocycles. The quantitative estimate of drug-likeness (QED) is 0.795. The maximum absolute atomic E-state index is 12.0. The number of carbonyl (C=O) groups excluding carboxylic acids is 1. The summed E-state index contributed by atoms with van der Waals surface area (Å²) in [5, 5.41) is 0. The molecule has 1 unspecified atom stereocenters. The molecule has 22 heavy (non-hydrogen) atoms. The van der Waals surface area contributed by atoms with Gasteiger partial charge in [-0.3, -0.25) is 4.21 Å². The van der Waals surface area contributed by atoms with Gasteiger partial charge in [0.2, 0.25) is 0 Å². The molecule has 1 amide bonds. The Labute approximate surface area is 131 Å². The fourth-order valence-electron chi connectivity index (χ4n) is 1.86. The van der Waals surface area contributed by atoms with E-state index in [2.05, 4.69) is 0 Å².